The first-order valence-corrected chi connectivity index (χ1v) is 10.5. The van der Waals surface area contributed by atoms with Crippen LogP contribution in [0.5, 0.6) is 5.75 Å². The van der Waals surface area contributed by atoms with E-state index in [0.717, 1.165) is 12.8 Å². The highest BCUT2D eigenvalue weighted by Gasteiger charge is 2.24. The van der Waals surface area contributed by atoms with E-state index in [1.807, 2.05) is 0 Å². The number of benzene rings is 2. The van der Waals surface area contributed by atoms with Crippen molar-refractivity contribution >= 4 is 37.5 Å². The van der Waals surface area contributed by atoms with Gasteiger partial charge >= 0.3 is 0 Å². The van der Waals surface area contributed by atoms with Gasteiger partial charge in [-0.25, -0.2) is 8.42 Å². The molecule has 0 aliphatic heterocycles. The lowest BCUT2D eigenvalue weighted by Crippen LogP contribution is -2.25. The highest BCUT2D eigenvalue weighted by Crippen LogP contribution is 2.29. The number of ether oxygens (including phenoxy) is 1. The topological polar surface area (TPSA) is 84.5 Å². The van der Waals surface area contributed by atoms with Crippen LogP contribution in [0.15, 0.2) is 51.8 Å². The van der Waals surface area contributed by atoms with Gasteiger partial charge in [0, 0.05) is 21.8 Å². The van der Waals surface area contributed by atoms with Crippen LogP contribution >= 0.6 is 15.9 Å². The van der Waals surface area contributed by atoms with Crippen molar-refractivity contribution in [3.8, 4) is 5.75 Å². The maximum absolute atomic E-state index is 12.7. The molecule has 2 N–H and O–H groups in total. The Balaban J connectivity index is 1.79. The summed E-state index contributed by atoms with van der Waals surface area (Å²) in [6.07, 6.45) is 2.02. The van der Waals surface area contributed by atoms with E-state index in [-0.39, 0.29) is 22.6 Å². The van der Waals surface area contributed by atoms with Crippen LogP contribution in [-0.2, 0) is 10.0 Å². The van der Waals surface area contributed by atoms with E-state index >= 15 is 0 Å². The zero-order chi connectivity index (χ0) is 18.7. The van der Waals surface area contributed by atoms with Crippen LogP contribution in [0.4, 0.5) is 5.69 Å². The predicted molar refractivity (Wildman–Crippen MR) is 103 cm³/mol. The number of amides is 1. The molecule has 1 fully saturated rings. The third-order valence-corrected chi connectivity index (χ3v) is 5.70. The molecule has 6 nitrogen and oxygen atoms in total. The van der Waals surface area contributed by atoms with Crippen LogP contribution in [0.3, 0.4) is 0 Å². The fourth-order valence-electron chi connectivity index (χ4n) is 2.36. The molecule has 0 spiro atoms. The lowest BCUT2D eigenvalue weighted by molar-refractivity contribution is 0.0951. The van der Waals surface area contributed by atoms with Crippen molar-refractivity contribution in [2.45, 2.75) is 30.7 Å². The summed E-state index contributed by atoms with van der Waals surface area (Å²) in [6.45, 7) is 2.15. The van der Waals surface area contributed by atoms with Gasteiger partial charge < -0.3 is 10.1 Å². The molecule has 1 saturated carbocycles. The average Bonchev–Trinajstić information content (AvgIpc) is 3.41. The van der Waals surface area contributed by atoms with E-state index in [4.69, 9.17) is 4.74 Å². The van der Waals surface area contributed by atoms with Gasteiger partial charge in [0.25, 0.3) is 15.9 Å². The maximum Gasteiger partial charge on any atom is 0.265 e. The minimum Gasteiger partial charge on any atom is -0.492 e. The quantitative estimate of drug-likeness (QED) is 0.691. The van der Waals surface area contributed by atoms with Crippen molar-refractivity contribution in [2.75, 3.05) is 11.3 Å². The Bertz CT molecular complexity index is 909. The highest BCUT2D eigenvalue weighted by molar-refractivity contribution is 9.10. The summed E-state index contributed by atoms with van der Waals surface area (Å²) in [4.78, 5) is 12.0. The van der Waals surface area contributed by atoms with E-state index in [1.54, 1.807) is 43.3 Å². The summed E-state index contributed by atoms with van der Waals surface area (Å²) in [6, 6.07) is 11.4. The van der Waals surface area contributed by atoms with Gasteiger partial charge in [0.1, 0.15) is 10.6 Å². The maximum atomic E-state index is 12.7. The van der Waals surface area contributed by atoms with Gasteiger partial charge in [-0.15, -0.1) is 0 Å². The van der Waals surface area contributed by atoms with Crippen molar-refractivity contribution in [3.63, 3.8) is 0 Å². The molecule has 1 aliphatic carbocycles. The number of carbonyl (C=O) groups is 1. The molecule has 0 saturated heterocycles. The van der Waals surface area contributed by atoms with Crippen LogP contribution in [0.2, 0.25) is 0 Å². The second-order valence-electron chi connectivity index (χ2n) is 5.95. The molecule has 0 aromatic heterocycles. The number of anilines is 1. The van der Waals surface area contributed by atoms with E-state index in [1.165, 1.54) is 6.07 Å². The predicted octanol–water partition coefficient (Wildman–Crippen LogP) is 3.54. The standard InChI is InChI=1S/C18H19BrN2O4S/c1-2-25-16-10-5-13(19)11-17(16)26(23,24)21-15-6-3-12(4-7-15)18(22)20-14-8-9-14/h3-7,10-11,14,21H,2,8-9H2,1H3,(H,20,22). The number of hydrogen-bond acceptors (Lipinski definition) is 4. The molecular weight excluding hydrogens is 420 g/mol. The molecule has 138 valence electrons. The third kappa shape index (κ3) is 4.56. The number of rotatable bonds is 7. The van der Waals surface area contributed by atoms with Crippen molar-refractivity contribution < 1.29 is 17.9 Å². The number of hydrogen-bond donors (Lipinski definition) is 2. The first-order valence-electron chi connectivity index (χ1n) is 8.25. The SMILES string of the molecule is CCOc1ccc(Br)cc1S(=O)(=O)Nc1ccc(C(=O)NC2CC2)cc1. The molecule has 0 radical (unpaired) electrons. The van der Waals surface area contributed by atoms with Gasteiger partial charge in [-0.2, -0.15) is 0 Å². The molecule has 0 unspecified atom stereocenters. The second kappa shape index (κ2) is 7.67. The Morgan fingerprint density at radius 3 is 2.50 bits per heavy atom. The minimum atomic E-state index is -3.84. The van der Waals surface area contributed by atoms with Gasteiger partial charge in [0.15, 0.2) is 0 Å². The molecule has 26 heavy (non-hydrogen) atoms. The molecule has 2 aromatic rings. The molecule has 0 heterocycles. The zero-order valence-electron chi connectivity index (χ0n) is 14.2. The zero-order valence-corrected chi connectivity index (χ0v) is 16.6. The van der Waals surface area contributed by atoms with Gasteiger partial charge in [0.05, 0.1) is 6.61 Å². The van der Waals surface area contributed by atoms with Gasteiger partial charge in [-0.05, 0) is 62.2 Å². The van der Waals surface area contributed by atoms with Crippen molar-refractivity contribution in [2.24, 2.45) is 0 Å². The number of carbonyl (C=O) groups excluding carboxylic acids is 1. The van der Waals surface area contributed by atoms with Crippen LogP contribution in [0, 0.1) is 0 Å². The van der Waals surface area contributed by atoms with Crippen molar-refractivity contribution in [3.05, 3.63) is 52.5 Å². The van der Waals surface area contributed by atoms with Crippen LogP contribution < -0.4 is 14.8 Å². The fourth-order valence-corrected chi connectivity index (χ4v) is 4.11. The first kappa shape index (κ1) is 18.7. The molecule has 0 bridgehead atoms. The molecule has 1 amide bonds. The Morgan fingerprint density at radius 2 is 1.88 bits per heavy atom. The van der Waals surface area contributed by atoms with E-state index in [0.29, 0.717) is 22.3 Å². The van der Waals surface area contributed by atoms with Gasteiger partial charge in [0.2, 0.25) is 0 Å². The normalized spacial score (nSPS) is 13.9. The van der Waals surface area contributed by atoms with Crippen LogP contribution in [0.1, 0.15) is 30.1 Å². The minimum absolute atomic E-state index is 0.0456. The van der Waals surface area contributed by atoms with E-state index in [2.05, 4.69) is 26.0 Å². The molecule has 8 heteroatoms. The molecule has 0 atom stereocenters. The Kier molecular flexibility index (Phi) is 5.52. The summed E-state index contributed by atoms with van der Waals surface area (Å²) < 4.78 is 34.0. The summed E-state index contributed by atoms with van der Waals surface area (Å²) in [5.74, 6) is 0.135. The third-order valence-electron chi connectivity index (χ3n) is 3.81. The lowest BCUT2D eigenvalue weighted by atomic mass is 10.2. The summed E-state index contributed by atoms with van der Waals surface area (Å²) in [5.41, 5.74) is 0.868. The number of halogens is 1. The molecule has 1 aliphatic rings. The largest absolute Gasteiger partial charge is 0.492 e. The van der Waals surface area contributed by atoms with Gasteiger partial charge in [-0.1, -0.05) is 15.9 Å². The van der Waals surface area contributed by atoms with Crippen LogP contribution in [-0.4, -0.2) is 27.0 Å². The molecule has 3 rings (SSSR count). The van der Waals surface area contributed by atoms with Crippen LogP contribution in [0.25, 0.3) is 0 Å². The molecule has 2 aromatic carbocycles. The Labute approximate surface area is 161 Å². The van der Waals surface area contributed by atoms with Crippen molar-refractivity contribution in [1.29, 1.82) is 0 Å². The lowest BCUT2D eigenvalue weighted by Gasteiger charge is -2.13. The monoisotopic (exact) mass is 438 g/mol. The summed E-state index contributed by atoms with van der Waals surface area (Å²) in [7, 11) is -3.84. The fraction of sp³-hybridized carbons (Fsp3) is 0.278. The van der Waals surface area contributed by atoms with E-state index < -0.39 is 10.0 Å². The van der Waals surface area contributed by atoms with Crippen molar-refractivity contribution in [1.82, 2.24) is 5.32 Å². The number of sulfonamides is 1. The second-order valence-corrected chi connectivity index (χ2v) is 8.52. The summed E-state index contributed by atoms with van der Waals surface area (Å²) >= 11 is 3.28. The molecular formula is C18H19BrN2O4S. The highest BCUT2D eigenvalue weighted by atomic mass is 79.9. The summed E-state index contributed by atoms with van der Waals surface area (Å²) in [5, 5.41) is 2.89. The van der Waals surface area contributed by atoms with E-state index in [9.17, 15) is 13.2 Å². The average molecular weight is 439 g/mol. The first-order chi connectivity index (χ1) is 12.4. The Morgan fingerprint density at radius 1 is 1.19 bits per heavy atom. The van der Waals surface area contributed by atoms with Gasteiger partial charge in [-0.3, -0.25) is 9.52 Å². The smallest absolute Gasteiger partial charge is 0.265 e. The number of nitrogens with one attached hydrogen (secondary N) is 2. The Hall–Kier alpha value is -2.06.